The normalized spacial score (nSPS) is 20.0. The molecule has 2 rings (SSSR count). The average Bonchev–Trinajstić information content (AvgIpc) is 2.41. The minimum atomic E-state index is -0.789. The van der Waals surface area contributed by atoms with Crippen molar-refractivity contribution in [1.29, 1.82) is 0 Å². The Bertz CT molecular complexity index is 507. The zero-order chi connectivity index (χ0) is 15.7. The molecule has 4 N–H and O–H groups in total. The van der Waals surface area contributed by atoms with Crippen LogP contribution in [0.3, 0.4) is 0 Å². The lowest BCUT2D eigenvalue weighted by atomic mass is 9.71. The summed E-state index contributed by atoms with van der Waals surface area (Å²) in [4.78, 5) is 12.3. The van der Waals surface area contributed by atoms with Gasteiger partial charge in [-0.3, -0.25) is 4.79 Å². The van der Waals surface area contributed by atoms with Crippen molar-refractivity contribution in [2.24, 2.45) is 5.41 Å². The van der Waals surface area contributed by atoms with Crippen LogP contribution in [0.5, 0.6) is 0 Å². The average molecular weight is 290 g/mol. The van der Waals surface area contributed by atoms with Crippen LogP contribution in [0.25, 0.3) is 0 Å². The molecule has 0 unspecified atom stereocenters. The van der Waals surface area contributed by atoms with Crippen LogP contribution in [0.4, 0.5) is 5.69 Å². The maximum absolute atomic E-state index is 12.3. The molecule has 1 aliphatic rings. The highest BCUT2D eigenvalue weighted by Crippen LogP contribution is 2.39. The van der Waals surface area contributed by atoms with E-state index in [1.807, 2.05) is 19.1 Å². The van der Waals surface area contributed by atoms with Crippen LogP contribution in [0.15, 0.2) is 18.2 Å². The largest absolute Gasteiger partial charge is 0.398 e. The quantitative estimate of drug-likeness (QED) is 0.749. The smallest absolute Gasteiger partial charge is 0.253 e. The monoisotopic (exact) mass is 290 g/mol. The van der Waals surface area contributed by atoms with Gasteiger partial charge in [-0.2, -0.15) is 0 Å². The number of benzene rings is 1. The van der Waals surface area contributed by atoms with Crippen LogP contribution in [0.1, 0.15) is 55.5 Å². The number of aliphatic hydroxyl groups is 1. The van der Waals surface area contributed by atoms with Gasteiger partial charge in [0.25, 0.3) is 5.91 Å². The topological polar surface area (TPSA) is 75.4 Å². The van der Waals surface area contributed by atoms with E-state index in [9.17, 15) is 9.90 Å². The molecule has 0 bridgehead atoms. The lowest BCUT2D eigenvalue weighted by molar-refractivity contribution is -0.0233. The van der Waals surface area contributed by atoms with Crippen LogP contribution in [-0.4, -0.2) is 23.2 Å². The SMILES string of the molecule is Cc1cccc(N)c1C(=O)NCC1(O)CCC(C)(C)CC1. The highest BCUT2D eigenvalue weighted by molar-refractivity contribution is 6.00. The number of nitrogen functional groups attached to an aromatic ring is 1. The number of carbonyl (C=O) groups is 1. The van der Waals surface area contributed by atoms with Gasteiger partial charge in [0.1, 0.15) is 0 Å². The van der Waals surface area contributed by atoms with Crippen molar-refractivity contribution in [1.82, 2.24) is 5.32 Å². The molecule has 0 radical (unpaired) electrons. The van der Waals surface area contributed by atoms with E-state index in [0.717, 1.165) is 31.2 Å². The fourth-order valence-electron chi connectivity index (χ4n) is 2.90. The number of hydrogen-bond donors (Lipinski definition) is 3. The molecule has 1 aliphatic carbocycles. The first-order valence-electron chi connectivity index (χ1n) is 7.58. The van der Waals surface area contributed by atoms with Gasteiger partial charge in [-0.1, -0.05) is 26.0 Å². The number of nitrogens with two attached hydrogens (primary N) is 1. The Morgan fingerprint density at radius 2 is 1.90 bits per heavy atom. The second-order valence-corrected chi connectivity index (χ2v) is 7.11. The number of amides is 1. The number of rotatable bonds is 3. The second-order valence-electron chi connectivity index (χ2n) is 7.11. The van der Waals surface area contributed by atoms with Crippen molar-refractivity contribution >= 4 is 11.6 Å². The first-order valence-corrected chi connectivity index (χ1v) is 7.58. The van der Waals surface area contributed by atoms with Crippen LogP contribution in [-0.2, 0) is 0 Å². The molecule has 4 nitrogen and oxygen atoms in total. The number of hydrogen-bond acceptors (Lipinski definition) is 3. The van der Waals surface area contributed by atoms with E-state index < -0.39 is 5.60 Å². The van der Waals surface area contributed by atoms with Crippen molar-refractivity contribution < 1.29 is 9.90 Å². The first-order chi connectivity index (χ1) is 9.72. The standard InChI is InChI=1S/C17H26N2O2/c1-12-5-4-6-13(18)14(12)15(20)19-11-17(21)9-7-16(2,3)8-10-17/h4-6,21H,7-11,18H2,1-3H3,(H,19,20). The summed E-state index contributed by atoms with van der Waals surface area (Å²) >= 11 is 0. The predicted octanol–water partition coefficient (Wildman–Crippen LogP) is 2.64. The predicted molar refractivity (Wildman–Crippen MR) is 85.1 cm³/mol. The zero-order valence-electron chi connectivity index (χ0n) is 13.2. The fraction of sp³-hybridized carbons (Fsp3) is 0.588. The first kappa shape index (κ1) is 15.8. The lowest BCUT2D eigenvalue weighted by Gasteiger charge is -2.40. The van der Waals surface area contributed by atoms with E-state index in [0.29, 0.717) is 11.3 Å². The van der Waals surface area contributed by atoms with Gasteiger partial charge < -0.3 is 16.2 Å². The molecule has 0 aromatic heterocycles. The third-order valence-electron chi connectivity index (χ3n) is 4.64. The van der Waals surface area contributed by atoms with Gasteiger partial charge in [0.15, 0.2) is 0 Å². The molecule has 1 aromatic rings. The molecule has 1 amide bonds. The summed E-state index contributed by atoms with van der Waals surface area (Å²) in [6, 6.07) is 5.42. The molecule has 1 fully saturated rings. The maximum atomic E-state index is 12.3. The Morgan fingerprint density at radius 3 is 2.48 bits per heavy atom. The fourth-order valence-corrected chi connectivity index (χ4v) is 2.90. The van der Waals surface area contributed by atoms with Crippen molar-refractivity contribution in [2.75, 3.05) is 12.3 Å². The maximum Gasteiger partial charge on any atom is 0.253 e. The molecule has 116 valence electrons. The Hall–Kier alpha value is -1.55. The summed E-state index contributed by atoms with van der Waals surface area (Å²) in [5.41, 5.74) is 7.21. The summed E-state index contributed by atoms with van der Waals surface area (Å²) in [5, 5.41) is 13.4. The van der Waals surface area contributed by atoms with Gasteiger partial charge in [0.2, 0.25) is 0 Å². The Balaban J connectivity index is 1.99. The molecule has 1 aromatic carbocycles. The zero-order valence-corrected chi connectivity index (χ0v) is 13.2. The van der Waals surface area contributed by atoms with E-state index >= 15 is 0 Å². The van der Waals surface area contributed by atoms with Gasteiger partial charge in [-0.25, -0.2) is 0 Å². The number of nitrogens with one attached hydrogen (secondary N) is 1. The van der Waals surface area contributed by atoms with Gasteiger partial charge in [-0.15, -0.1) is 0 Å². The minimum absolute atomic E-state index is 0.205. The van der Waals surface area contributed by atoms with E-state index in [1.54, 1.807) is 6.07 Å². The van der Waals surface area contributed by atoms with Gasteiger partial charge in [-0.05, 0) is 49.7 Å². The second kappa shape index (κ2) is 5.68. The van der Waals surface area contributed by atoms with Gasteiger partial charge >= 0.3 is 0 Å². The molecule has 1 saturated carbocycles. The molecule has 0 heterocycles. The molecule has 4 heteroatoms. The third-order valence-corrected chi connectivity index (χ3v) is 4.64. The van der Waals surface area contributed by atoms with Crippen molar-refractivity contribution in [2.45, 2.75) is 52.1 Å². The summed E-state index contributed by atoms with van der Waals surface area (Å²) in [7, 11) is 0. The number of anilines is 1. The lowest BCUT2D eigenvalue weighted by Crippen LogP contribution is -2.46. The van der Waals surface area contributed by atoms with E-state index in [1.165, 1.54) is 0 Å². The molecular formula is C17H26N2O2. The van der Waals surface area contributed by atoms with Crippen LogP contribution < -0.4 is 11.1 Å². The number of carbonyl (C=O) groups excluding carboxylic acids is 1. The molecule has 0 saturated heterocycles. The highest BCUT2D eigenvalue weighted by atomic mass is 16.3. The third kappa shape index (κ3) is 3.76. The molecule has 0 atom stereocenters. The van der Waals surface area contributed by atoms with Crippen molar-refractivity contribution in [3.63, 3.8) is 0 Å². The summed E-state index contributed by atoms with van der Waals surface area (Å²) < 4.78 is 0. The Morgan fingerprint density at radius 1 is 1.29 bits per heavy atom. The summed E-state index contributed by atoms with van der Waals surface area (Å²) in [6.45, 7) is 6.59. The van der Waals surface area contributed by atoms with Crippen LogP contribution >= 0.6 is 0 Å². The van der Waals surface area contributed by atoms with E-state index in [-0.39, 0.29) is 17.9 Å². The van der Waals surface area contributed by atoms with E-state index in [4.69, 9.17) is 5.73 Å². The molecular weight excluding hydrogens is 264 g/mol. The Labute approximate surface area is 126 Å². The van der Waals surface area contributed by atoms with Crippen LogP contribution in [0, 0.1) is 12.3 Å². The Kier molecular flexibility index (Phi) is 4.28. The van der Waals surface area contributed by atoms with Crippen molar-refractivity contribution in [3.8, 4) is 0 Å². The van der Waals surface area contributed by atoms with E-state index in [2.05, 4.69) is 19.2 Å². The molecule has 0 aliphatic heterocycles. The molecule has 0 spiro atoms. The minimum Gasteiger partial charge on any atom is -0.398 e. The van der Waals surface area contributed by atoms with Crippen LogP contribution in [0.2, 0.25) is 0 Å². The van der Waals surface area contributed by atoms with Gasteiger partial charge in [0, 0.05) is 12.2 Å². The highest BCUT2D eigenvalue weighted by Gasteiger charge is 2.36. The van der Waals surface area contributed by atoms with Crippen molar-refractivity contribution in [3.05, 3.63) is 29.3 Å². The van der Waals surface area contributed by atoms with Gasteiger partial charge in [0.05, 0.1) is 11.2 Å². The molecule has 21 heavy (non-hydrogen) atoms. The number of aryl methyl sites for hydroxylation is 1. The summed E-state index contributed by atoms with van der Waals surface area (Å²) in [5.74, 6) is -0.205. The summed E-state index contributed by atoms with van der Waals surface area (Å²) in [6.07, 6.45) is 3.41.